The van der Waals surface area contributed by atoms with Crippen LogP contribution >= 0.6 is 0 Å². The van der Waals surface area contributed by atoms with Crippen molar-refractivity contribution in [2.24, 2.45) is 5.92 Å². The van der Waals surface area contributed by atoms with Crippen LogP contribution in [0.1, 0.15) is 38.8 Å². The molecule has 100 valence electrons. The van der Waals surface area contributed by atoms with Crippen LogP contribution in [0.5, 0.6) is 0 Å². The maximum Gasteiger partial charge on any atom is 0.311 e. The van der Waals surface area contributed by atoms with Crippen molar-refractivity contribution in [2.45, 2.75) is 40.0 Å². The van der Waals surface area contributed by atoms with E-state index < -0.39 is 4.92 Å². The Morgan fingerprint density at radius 1 is 1.39 bits per heavy atom. The van der Waals surface area contributed by atoms with Gasteiger partial charge in [0.15, 0.2) is 0 Å². The molecule has 0 bridgehead atoms. The van der Waals surface area contributed by atoms with Crippen LogP contribution in [0.4, 0.5) is 11.5 Å². The number of aromatic nitrogens is 1. The molecule has 0 aromatic carbocycles. The summed E-state index contributed by atoms with van der Waals surface area (Å²) >= 11 is 0. The third-order valence-corrected chi connectivity index (χ3v) is 2.71. The highest BCUT2D eigenvalue weighted by molar-refractivity contribution is 5.55. The van der Waals surface area contributed by atoms with E-state index in [0.29, 0.717) is 11.7 Å². The van der Waals surface area contributed by atoms with E-state index in [-0.39, 0.29) is 5.69 Å². The van der Waals surface area contributed by atoms with Crippen LogP contribution in [0, 0.1) is 23.0 Å². The molecule has 0 fully saturated rings. The van der Waals surface area contributed by atoms with Crippen LogP contribution in [0.15, 0.2) is 12.1 Å². The topological polar surface area (TPSA) is 68.1 Å². The largest absolute Gasteiger partial charge is 0.364 e. The summed E-state index contributed by atoms with van der Waals surface area (Å²) in [6, 6.07) is 3.15. The van der Waals surface area contributed by atoms with Crippen molar-refractivity contribution >= 4 is 11.5 Å². The zero-order valence-corrected chi connectivity index (χ0v) is 11.3. The van der Waals surface area contributed by atoms with Crippen molar-refractivity contribution in [2.75, 3.05) is 11.9 Å². The normalized spacial score (nSPS) is 10.7. The van der Waals surface area contributed by atoms with Crippen molar-refractivity contribution in [3.05, 3.63) is 27.9 Å². The number of anilines is 1. The highest BCUT2D eigenvalue weighted by Crippen LogP contribution is 2.21. The second-order valence-corrected chi connectivity index (χ2v) is 4.89. The first-order valence-corrected chi connectivity index (χ1v) is 6.36. The Kier molecular flexibility index (Phi) is 5.55. The summed E-state index contributed by atoms with van der Waals surface area (Å²) in [7, 11) is 0. The van der Waals surface area contributed by atoms with Gasteiger partial charge in [0.25, 0.3) is 0 Å². The fourth-order valence-electron chi connectivity index (χ4n) is 1.71. The number of hydrogen-bond donors (Lipinski definition) is 1. The van der Waals surface area contributed by atoms with Crippen LogP contribution in [0.25, 0.3) is 0 Å². The molecule has 0 saturated heterocycles. The fourth-order valence-corrected chi connectivity index (χ4v) is 1.71. The molecule has 1 rings (SSSR count). The van der Waals surface area contributed by atoms with Gasteiger partial charge in [0.2, 0.25) is 5.82 Å². The van der Waals surface area contributed by atoms with Crippen LogP contribution in [-0.4, -0.2) is 16.5 Å². The molecule has 1 aromatic rings. The number of pyridine rings is 1. The van der Waals surface area contributed by atoms with Gasteiger partial charge in [-0.05, 0) is 25.3 Å². The predicted molar refractivity (Wildman–Crippen MR) is 72.8 cm³/mol. The Morgan fingerprint density at radius 3 is 2.72 bits per heavy atom. The molecule has 0 aliphatic rings. The van der Waals surface area contributed by atoms with Gasteiger partial charge in [0.05, 0.1) is 4.92 Å². The minimum atomic E-state index is -0.400. The number of rotatable bonds is 7. The lowest BCUT2D eigenvalue weighted by Crippen LogP contribution is -2.07. The van der Waals surface area contributed by atoms with Crippen molar-refractivity contribution in [1.82, 2.24) is 4.98 Å². The van der Waals surface area contributed by atoms with Crippen LogP contribution < -0.4 is 5.32 Å². The Bertz CT molecular complexity index is 405. The second kappa shape index (κ2) is 6.93. The van der Waals surface area contributed by atoms with Crippen molar-refractivity contribution in [3.8, 4) is 0 Å². The SMILES string of the molecule is Cc1ccc([N+](=O)[O-])c(NCCCCC(C)C)n1. The summed E-state index contributed by atoms with van der Waals surface area (Å²) in [5.74, 6) is 1.08. The lowest BCUT2D eigenvalue weighted by molar-refractivity contribution is -0.384. The van der Waals surface area contributed by atoms with Gasteiger partial charge in [-0.1, -0.05) is 26.7 Å². The molecule has 5 nitrogen and oxygen atoms in total. The summed E-state index contributed by atoms with van der Waals surface area (Å²) < 4.78 is 0. The van der Waals surface area contributed by atoms with Crippen LogP contribution in [0.3, 0.4) is 0 Å². The average Bonchev–Trinajstić information content (AvgIpc) is 2.27. The van der Waals surface area contributed by atoms with Gasteiger partial charge in [-0.25, -0.2) is 4.98 Å². The summed E-state index contributed by atoms with van der Waals surface area (Å²) in [6.45, 7) is 6.94. The first-order chi connectivity index (χ1) is 8.50. The first-order valence-electron chi connectivity index (χ1n) is 6.36. The summed E-state index contributed by atoms with van der Waals surface area (Å²) in [5, 5.41) is 13.9. The van der Waals surface area contributed by atoms with E-state index in [2.05, 4.69) is 24.1 Å². The standard InChI is InChI=1S/C13H21N3O2/c1-10(2)6-4-5-9-14-13-12(16(17)18)8-7-11(3)15-13/h7-8,10H,4-6,9H2,1-3H3,(H,14,15). The lowest BCUT2D eigenvalue weighted by atomic mass is 10.1. The molecule has 0 spiro atoms. The highest BCUT2D eigenvalue weighted by Gasteiger charge is 2.14. The minimum absolute atomic E-state index is 0.0458. The first kappa shape index (κ1) is 14.4. The van der Waals surface area contributed by atoms with E-state index >= 15 is 0 Å². The zero-order chi connectivity index (χ0) is 13.5. The average molecular weight is 251 g/mol. The van der Waals surface area contributed by atoms with Gasteiger partial charge < -0.3 is 5.32 Å². The summed E-state index contributed by atoms with van der Waals surface area (Å²) in [5.41, 5.74) is 0.828. The predicted octanol–water partition coefficient (Wildman–Crippen LogP) is 3.54. The summed E-state index contributed by atoms with van der Waals surface area (Å²) in [4.78, 5) is 14.6. The van der Waals surface area contributed by atoms with E-state index in [4.69, 9.17) is 0 Å². The Labute approximate surface area is 108 Å². The van der Waals surface area contributed by atoms with E-state index in [9.17, 15) is 10.1 Å². The fraction of sp³-hybridized carbons (Fsp3) is 0.615. The molecule has 18 heavy (non-hydrogen) atoms. The monoisotopic (exact) mass is 251 g/mol. The molecule has 0 atom stereocenters. The summed E-state index contributed by atoms with van der Waals surface area (Å²) in [6.07, 6.45) is 3.32. The van der Waals surface area contributed by atoms with Crippen molar-refractivity contribution in [1.29, 1.82) is 0 Å². The quantitative estimate of drug-likeness (QED) is 0.457. The molecule has 1 heterocycles. The number of nitro groups is 1. The van der Waals surface area contributed by atoms with Crippen LogP contribution in [0.2, 0.25) is 0 Å². The molecular weight excluding hydrogens is 230 g/mol. The van der Waals surface area contributed by atoms with Gasteiger partial charge in [-0.3, -0.25) is 10.1 Å². The number of aryl methyl sites for hydroxylation is 1. The third kappa shape index (κ3) is 4.69. The zero-order valence-electron chi connectivity index (χ0n) is 11.3. The van der Waals surface area contributed by atoms with Crippen molar-refractivity contribution < 1.29 is 4.92 Å². The van der Waals surface area contributed by atoms with E-state index in [1.54, 1.807) is 6.07 Å². The lowest BCUT2D eigenvalue weighted by Gasteiger charge is -2.07. The van der Waals surface area contributed by atoms with Gasteiger partial charge in [-0.2, -0.15) is 0 Å². The molecule has 0 unspecified atom stereocenters. The van der Waals surface area contributed by atoms with Gasteiger partial charge in [-0.15, -0.1) is 0 Å². The van der Waals surface area contributed by atoms with Gasteiger partial charge in [0.1, 0.15) is 0 Å². The van der Waals surface area contributed by atoms with E-state index in [1.807, 2.05) is 6.92 Å². The molecule has 1 aromatic heterocycles. The minimum Gasteiger partial charge on any atom is -0.364 e. The molecule has 0 radical (unpaired) electrons. The maximum absolute atomic E-state index is 10.8. The van der Waals surface area contributed by atoms with Gasteiger partial charge in [0, 0.05) is 18.3 Å². The number of nitrogens with zero attached hydrogens (tertiary/aromatic N) is 2. The number of hydrogen-bond acceptors (Lipinski definition) is 4. The Hall–Kier alpha value is -1.65. The van der Waals surface area contributed by atoms with E-state index in [1.165, 1.54) is 12.5 Å². The number of unbranched alkanes of at least 4 members (excludes halogenated alkanes) is 1. The van der Waals surface area contributed by atoms with Gasteiger partial charge >= 0.3 is 5.69 Å². The molecule has 0 amide bonds. The molecule has 0 aliphatic carbocycles. The molecular formula is C13H21N3O2. The molecule has 0 saturated carbocycles. The highest BCUT2D eigenvalue weighted by atomic mass is 16.6. The molecule has 5 heteroatoms. The van der Waals surface area contributed by atoms with Crippen molar-refractivity contribution in [3.63, 3.8) is 0 Å². The Balaban J connectivity index is 2.50. The second-order valence-electron chi connectivity index (χ2n) is 4.89. The Morgan fingerprint density at radius 2 is 2.11 bits per heavy atom. The molecule has 1 N–H and O–H groups in total. The number of nitrogens with one attached hydrogen (secondary N) is 1. The smallest absolute Gasteiger partial charge is 0.311 e. The third-order valence-electron chi connectivity index (χ3n) is 2.71. The molecule has 0 aliphatic heterocycles. The maximum atomic E-state index is 10.8. The van der Waals surface area contributed by atoms with E-state index in [0.717, 1.165) is 25.1 Å². The van der Waals surface area contributed by atoms with Crippen LogP contribution in [-0.2, 0) is 0 Å².